The van der Waals surface area contributed by atoms with Gasteiger partial charge < -0.3 is 5.32 Å². The smallest absolute Gasteiger partial charge is 0.0739 e. The van der Waals surface area contributed by atoms with Crippen LogP contribution in [0.4, 0.5) is 0 Å². The second-order valence-electron chi connectivity index (χ2n) is 5.54. The Morgan fingerprint density at radius 2 is 2.06 bits per heavy atom. The average Bonchev–Trinajstić information content (AvgIpc) is 2.62. The van der Waals surface area contributed by atoms with Gasteiger partial charge in [0.15, 0.2) is 0 Å². The van der Waals surface area contributed by atoms with Crippen LogP contribution >= 0.6 is 15.9 Å². The van der Waals surface area contributed by atoms with Crippen LogP contribution in [0.5, 0.6) is 0 Å². The third-order valence-corrected chi connectivity index (χ3v) is 5.24. The molecule has 1 fully saturated rings. The molecule has 1 heterocycles. The molecule has 1 aromatic heterocycles. The highest BCUT2D eigenvalue weighted by molar-refractivity contribution is 9.10. The molecule has 0 bridgehead atoms. The van der Waals surface area contributed by atoms with E-state index in [1.54, 1.807) is 0 Å². The molecule has 0 amide bonds. The third kappa shape index (κ3) is 3.15. The molecule has 1 aromatic rings. The fourth-order valence-electron chi connectivity index (χ4n) is 2.93. The summed E-state index contributed by atoms with van der Waals surface area (Å²) in [7, 11) is 2.01. The summed E-state index contributed by atoms with van der Waals surface area (Å²) >= 11 is 3.62. The first-order valence-electron chi connectivity index (χ1n) is 7.01. The van der Waals surface area contributed by atoms with Gasteiger partial charge in [0, 0.05) is 19.6 Å². The molecule has 1 aliphatic carbocycles. The SMILES string of the molecule is Cc1nn(C)c(CNC(C)C2CCCCC2)c1Br. The van der Waals surface area contributed by atoms with Crippen LogP contribution < -0.4 is 5.32 Å². The van der Waals surface area contributed by atoms with Gasteiger partial charge in [-0.2, -0.15) is 5.10 Å². The van der Waals surface area contributed by atoms with Crippen molar-refractivity contribution in [2.24, 2.45) is 13.0 Å². The lowest BCUT2D eigenvalue weighted by Crippen LogP contribution is -2.34. The minimum absolute atomic E-state index is 0.604. The molecule has 18 heavy (non-hydrogen) atoms. The van der Waals surface area contributed by atoms with Gasteiger partial charge in [0.05, 0.1) is 15.9 Å². The van der Waals surface area contributed by atoms with Crippen LogP contribution in [0.25, 0.3) is 0 Å². The van der Waals surface area contributed by atoms with E-state index >= 15 is 0 Å². The maximum absolute atomic E-state index is 4.43. The summed E-state index contributed by atoms with van der Waals surface area (Å²) in [6.07, 6.45) is 7.02. The van der Waals surface area contributed by atoms with Gasteiger partial charge in [0.25, 0.3) is 0 Å². The number of rotatable bonds is 4. The lowest BCUT2D eigenvalue weighted by molar-refractivity contribution is 0.279. The normalized spacial score (nSPS) is 19.1. The summed E-state index contributed by atoms with van der Waals surface area (Å²) in [4.78, 5) is 0. The summed E-state index contributed by atoms with van der Waals surface area (Å²) in [5, 5.41) is 8.10. The number of aromatic nitrogens is 2. The van der Waals surface area contributed by atoms with Gasteiger partial charge in [0.2, 0.25) is 0 Å². The minimum Gasteiger partial charge on any atom is -0.308 e. The molecule has 0 aromatic carbocycles. The number of halogens is 1. The first-order chi connectivity index (χ1) is 8.59. The van der Waals surface area contributed by atoms with Crippen molar-refractivity contribution in [3.05, 3.63) is 15.9 Å². The Hall–Kier alpha value is -0.350. The minimum atomic E-state index is 0.604. The van der Waals surface area contributed by atoms with Crippen LogP contribution in [0.3, 0.4) is 0 Å². The highest BCUT2D eigenvalue weighted by atomic mass is 79.9. The summed E-state index contributed by atoms with van der Waals surface area (Å²) in [6.45, 7) is 5.26. The van der Waals surface area contributed by atoms with Gasteiger partial charge in [-0.25, -0.2) is 0 Å². The zero-order valence-corrected chi connectivity index (χ0v) is 13.3. The summed E-state index contributed by atoms with van der Waals surface area (Å²) in [5.41, 5.74) is 2.31. The predicted octanol–water partition coefficient (Wildman–Crippen LogP) is 3.55. The molecule has 102 valence electrons. The molecule has 3 nitrogen and oxygen atoms in total. The van der Waals surface area contributed by atoms with E-state index in [1.165, 1.54) is 37.8 Å². The average molecular weight is 314 g/mol. The lowest BCUT2D eigenvalue weighted by Gasteiger charge is -2.28. The van der Waals surface area contributed by atoms with Crippen molar-refractivity contribution in [3.63, 3.8) is 0 Å². The Morgan fingerprint density at radius 1 is 1.39 bits per heavy atom. The van der Waals surface area contributed by atoms with Crippen molar-refractivity contribution in [2.45, 2.75) is 58.5 Å². The Bertz CT molecular complexity index is 394. The molecule has 1 unspecified atom stereocenters. The standard InChI is InChI=1S/C14H24BrN3/c1-10(12-7-5-4-6-8-12)16-9-13-14(15)11(2)17-18(13)3/h10,12,16H,4-9H2,1-3H3. The van der Waals surface area contributed by atoms with Crippen molar-refractivity contribution in [3.8, 4) is 0 Å². The van der Waals surface area contributed by atoms with Gasteiger partial charge in [0.1, 0.15) is 0 Å². The third-order valence-electron chi connectivity index (χ3n) is 4.21. The molecule has 0 aliphatic heterocycles. The second kappa shape index (κ2) is 6.20. The molecule has 0 radical (unpaired) electrons. The van der Waals surface area contributed by atoms with E-state index in [1.807, 2.05) is 18.7 Å². The molecular formula is C14H24BrN3. The molecule has 2 rings (SSSR count). The highest BCUT2D eigenvalue weighted by Crippen LogP contribution is 2.27. The maximum Gasteiger partial charge on any atom is 0.0739 e. The fraction of sp³-hybridized carbons (Fsp3) is 0.786. The van der Waals surface area contributed by atoms with Crippen LogP contribution in [-0.2, 0) is 13.6 Å². The van der Waals surface area contributed by atoms with E-state index in [0.29, 0.717) is 6.04 Å². The quantitative estimate of drug-likeness (QED) is 0.921. The van der Waals surface area contributed by atoms with Gasteiger partial charge in [-0.3, -0.25) is 4.68 Å². The van der Waals surface area contributed by atoms with Crippen molar-refractivity contribution in [1.82, 2.24) is 15.1 Å². The summed E-state index contributed by atoms with van der Waals surface area (Å²) in [6, 6.07) is 0.604. The van der Waals surface area contributed by atoms with Crippen LogP contribution in [0.15, 0.2) is 4.47 Å². The number of aryl methyl sites for hydroxylation is 2. The molecule has 0 saturated heterocycles. The molecule has 4 heteroatoms. The molecule has 1 atom stereocenters. The first-order valence-corrected chi connectivity index (χ1v) is 7.80. The molecule has 1 N–H and O–H groups in total. The van der Waals surface area contributed by atoms with E-state index in [2.05, 4.69) is 33.3 Å². The molecule has 1 aliphatic rings. The Kier molecular flexibility index (Phi) is 4.84. The molecular weight excluding hydrogens is 290 g/mol. The fourth-order valence-corrected chi connectivity index (χ4v) is 3.41. The van der Waals surface area contributed by atoms with Crippen LogP contribution in [0.2, 0.25) is 0 Å². The Labute approximate surface area is 118 Å². The predicted molar refractivity (Wildman–Crippen MR) is 78.5 cm³/mol. The van der Waals surface area contributed by atoms with Gasteiger partial charge in [-0.1, -0.05) is 19.3 Å². The summed E-state index contributed by atoms with van der Waals surface area (Å²) in [5.74, 6) is 0.854. The zero-order chi connectivity index (χ0) is 13.1. The molecule has 1 saturated carbocycles. The zero-order valence-electron chi connectivity index (χ0n) is 11.7. The largest absolute Gasteiger partial charge is 0.308 e. The van der Waals surface area contributed by atoms with E-state index < -0.39 is 0 Å². The second-order valence-corrected chi connectivity index (χ2v) is 6.33. The van der Waals surface area contributed by atoms with Crippen molar-refractivity contribution < 1.29 is 0 Å². The highest BCUT2D eigenvalue weighted by Gasteiger charge is 2.20. The topological polar surface area (TPSA) is 29.9 Å². The lowest BCUT2D eigenvalue weighted by atomic mass is 9.84. The number of hydrogen-bond acceptors (Lipinski definition) is 2. The van der Waals surface area contributed by atoms with Gasteiger partial charge in [-0.15, -0.1) is 0 Å². The van der Waals surface area contributed by atoms with E-state index in [0.717, 1.165) is 22.6 Å². The first kappa shape index (κ1) is 14.1. The number of hydrogen-bond donors (Lipinski definition) is 1. The van der Waals surface area contributed by atoms with E-state index in [4.69, 9.17) is 0 Å². The van der Waals surface area contributed by atoms with Crippen LogP contribution in [-0.4, -0.2) is 15.8 Å². The summed E-state index contributed by atoms with van der Waals surface area (Å²) < 4.78 is 3.12. The van der Waals surface area contributed by atoms with E-state index in [-0.39, 0.29) is 0 Å². The maximum atomic E-state index is 4.43. The Morgan fingerprint density at radius 3 is 2.61 bits per heavy atom. The number of nitrogens with zero attached hydrogens (tertiary/aromatic N) is 2. The Balaban J connectivity index is 1.90. The van der Waals surface area contributed by atoms with Crippen molar-refractivity contribution in [1.29, 1.82) is 0 Å². The van der Waals surface area contributed by atoms with Crippen molar-refractivity contribution in [2.75, 3.05) is 0 Å². The monoisotopic (exact) mass is 313 g/mol. The van der Waals surface area contributed by atoms with Crippen molar-refractivity contribution >= 4 is 15.9 Å². The van der Waals surface area contributed by atoms with E-state index in [9.17, 15) is 0 Å². The van der Waals surface area contributed by atoms with Gasteiger partial charge >= 0.3 is 0 Å². The number of nitrogens with one attached hydrogen (secondary N) is 1. The van der Waals surface area contributed by atoms with Crippen LogP contribution in [0, 0.1) is 12.8 Å². The molecule has 0 spiro atoms. The van der Waals surface area contributed by atoms with Crippen LogP contribution in [0.1, 0.15) is 50.4 Å². The van der Waals surface area contributed by atoms with Gasteiger partial charge in [-0.05, 0) is 48.5 Å².